The molecule has 0 radical (unpaired) electrons. The second kappa shape index (κ2) is 11.1. The van der Waals surface area contributed by atoms with Crippen molar-refractivity contribution >= 4 is 68.8 Å². The van der Waals surface area contributed by atoms with Crippen molar-refractivity contribution < 1.29 is 14.3 Å². The van der Waals surface area contributed by atoms with Crippen LogP contribution >= 0.6 is 46.0 Å². The molecule has 2 aromatic carbocycles. The molecule has 1 aliphatic heterocycles. The average molecular weight is 569 g/mol. The van der Waals surface area contributed by atoms with Gasteiger partial charge in [0, 0.05) is 11.6 Å². The van der Waals surface area contributed by atoms with Crippen molar-refractivity contribution in [1.29, 1.82) is 0 Å². The number of benzene rings is 2. The number of carbonyl (C=O) groups excluding carboxylic acids is 1. The van der Waals surface area contributed by atoms with E-state index in [2.05, 4.69) is 34.2 Å². The van der Waals surface area contributed by atoms with Crippen molar-refractivity contribution in [2.75, 3.05) is 20.3 Å². The zero-order chi connectivity index (χ0) is 22.4. The molecule has 1 amide bonds. The predicted molar refractivity (Wildman–Crippen MR) is 138 cm³/mol. The molecule has 1 heterocycles. The van der Waals surface area contributed by atoms with Gasteiger partial charge in [0.1, 0.15) is 6.61 Å². The number of hydrogen-bond donors (Lipinski definition) is 0. The van der Waals surface area contributed by atoms with Crippen LogP contribution in [0.3, 0.4) is 0 Å². The van der Waals surface area contributed by atoms with Crippen LogP contribution < -0.4 is 9.47 Å². The summed E-state index contributed by atoms with van der Waals surface area (Å²) < 4.78 is 12.1. The second-order valence-corrected chi connectivity index (χ2v) is 9.18. The molecule has 5 nitrogen and oxygen atoms in total. The van der Waals surface area contributed by atoms with Crippen LogP contribution in [0.5, 0.6) is 11.5 Å². The molecule has 1 saturated heterocycles. The normalized spacial score (nSPS) is 16.3. The Morgan fingerprint density at radius 2 is 2.03 bits per heavy atom. The molecule has 162 valence electrons. The topological polar surface area (TPSA) is 51.1 Å². The molecular formula is C23H22ClIN2O3S. The molecule has 0 aromatic heterocycles. The number of halogens is 2. The minimum absolute atomic E-state index is 0.0551. The molecule has 1 fully saturated rings. The Balaban J connectivity index is 1.95. The lowest BCUT2D eigenvalue weighted by Crippen LogP contribution is -2.29. The molecule has 0 saturated carbocycles. The van der Waals surface area contributed by atoms with E-state index in [1.807, 2.05) is 37.3 Å². The Morgan fingerprint density at radius 1 is 1.29 bits per heavy atom. The van der Waals surface area contributed by atoms with Crippen LogP contribution in [0.15, 0.2) is 59.0 Å². The first-order valence-electron chi connectivity index (χ1n) is 9.63. The number of thioether (sulfide) groups is 1. The number of rotatable bonds is 8. The molecule has 0 bridgehead atoms. The van der Waals surface area contributed by atoms with Crippen LogP contribution in [0.2, 0.25) is 5.02 Å². The summed E-state index contributed by atoms with van der Waals surface area (Å²) in [5.74, 6) is 1.21. The van der Waals surface area contributed by atoms with Crippen molar-refractivity contribution in [3.05, 3.63) is 68.1 Å². The zero-order valence-electron chi connectivity index (χ0n) is 17.2. The molecule has 0 N–H and O–H groups in total. The van der Waals surface area contributed by atoms with Gasteiger partial charge in [-0.1, -0.05) is 31.2 Å². The number of aliphatic imine (C=N–C) groups is 1. The Morgan fingerprint density at radius 3 is 2.68 bits per heavy atom. The third-order valence-electron chi connectivity index (χ3n) is 4.28. The standard InChI is InChI=1S/C23H22ClIN2O3S/c1-4-10-27-22(28)20(31-23(27)26-17-8-6-16(24)7-9-17)14-15-12-18(25)21(30-11-5-2)19(13-15)29-3/h5-9,12-14H,2,4,10-11H2,1,3H3/b20-14-,26-23?. The van der Waals surface area contributed by atoms with Gasteiger partial charge in [-0.15, -0.1) is 0 Å². The largest absolute Gasteiger partial charge is 0.493 e. The summed E-state index contributed by atoms with van der Waals surface area (Å²) in [7, 11) is 1.60. The van der Waals surface area contributed by atoms with E-state index >= 15 is 0 Å². The Labute approximate surface area is 205 Å². The smallest absolute Gasteiger partial charge is 0.266 e. The predicted octanol–water partition coefficient (Wildman–Crippen LogP) is 6.53. The van der Waals surface area contributed by atoms with E-state index in [1.165, 1.54) is 11.8 Å². The van der Waals surface area contributed by atoms with Crippen molar-refractivity contribution in [2.24, 2.45) is 4.99 Å². The first-order chi connectivity index (χ1) is 15.0. The van der Waals surface area contributed by atoms with Crippen molar-refractivity contribution in [3.8, 4) is 11.5 Å². The van der Waals surface area contributed by atoms with E-state index in [0.717, 1.165) is 21.2 Å². The number of amides is 1. The third kappa shape index (κ3) is 5.84. The highest BCUT2D eigenvalue weighted by Gasteiger charge is 2.32. The summed E-state index contributed by atoms with van der Waals surface area (Å²) in [5, 5.41) is 1.31. The van der Waals surface area contributed by atoms with E-state index in [-0.39, 0.29) is 5.91 Å². The van der Waals surface area contributed by atoms with Gasteiger partial charge in [-0.3, -0.25) is 9.69 Å². The maximum absolute atomic E-state index is 13.1. The summed E-state index contributed by atoms with van der Waals surface area (Å²) >= 11 is 9.53. The van der Waals surface area contributed by atoms with Gasteiger partial charge in [-0.05, 0) is 88.8 Å². The highest BCUT2D eigenvalue weighted by molar-refractivity contribution is 14.1. The fourth-order valence-electron chi connectivity index (χ4n) is 2.90. The summed E-state index contributed by atoms with van der Waals surface area (Å²) in [5.41, 5.74) is 1.61. The number of hydrogen-bond acceptors (Lipinski definition) is 5. The van der Waals surface area contributed by atoms with Crippen molar-refractivity contribution in [3.63, 3.8) is 0 Å². The fraction of sp³-hybridized carbons (Fsp3) is 0.217. The SMILES string of the molecule is C=CCOc1c(I)cc(/C=C2\SC(=Nc3ccc(Cl)cc3)N(CCC)C2=O)cc1OC. The van der Waals surface area contributed by atoms with Gasteiger partial charge in [0.25, 0.3) is 5.91 Å². The third-order valence-corrected chi connectivity index (χ3v) is 6.34. The van der Waals surface area contributed by atoms with Gasteiger partial charge >= 0.3 is 0 Å². The molecule has 31 heavy (non-hydrogen) atoms. The first kappa shape index (κ1) is 23.7. The fourth-order valence-corrected chi connectivity index (χ4v) is 4.83. The van der Waals surface area contributed by atoms with Crippen LogP contribution in [-0.2, 0) is 4.79 Å². The average Bonchev–Trinajstić information content (AvgIpc) is 3.03. The van der Waals surface area contributed by atoms with E-state index < -0.39 is 0 Å². The quantitative estimate of drug-likeness (QED) is 0.206. The number of amidine groups is 1. The van der Waals surface area contributed by atoms with Gasteiger partial charge in [-0.25, -0.2) is 4.99 Å². The lowest BCUT2D eigenvalue weighted by Gasteiger charge is -2.14. The summed E-state index contributed by atoms with van der Waals surface area (Å²) in [4.78, 5) is 20.1. The zero-order valence-corrected chi connectivity index (χ0v) is 21.0. The molecule has 0 atom stereocenters. The van der Waals surface area contributed by atoms with Crippen LogP contribution in [0.4, 0.5) is 5.69 Å². The van der Waals surface area contributed by atoms with Gasteiger partial charge < -0.3 is 9.47 Å². The number of ether oxygens (including phenoxy) is 2. The van der Waals surface area contributed by atoms with Crippen molar-refractivity contribution in [2.45, 2.75) is 13.3 Å². The molecule has 1 aliphatic rings. The summed E-state index contributed by atoms with van der Waals surface area (Å²) in [6.45, 7) is 6.70. The van der Waals surface area contributed by atoms with E-state index in [0.29, 0.717) is 39.7 Å². The molecule has 3 rings (SSSR count). The molecule has 0 unspecified atom stereocenters. The minimum atomic E-state index is -0.0551. The Bertz CT molecular complexity index is 1040. The first-order valence-corrected chi connectivity index (χ1v) is 11.9. The lowest BCUT2D eigenvalue weighted by molar-refractivity contribution is -0.122. The Kier molecular flexibility index (Phi) is 8.45. The minimum Gasteiger partial charge on any atom is -0.493 e. The monoisotopic (exact) mass is 568 g/mol. The van der Waals surface area contributed by atoms with Crippen LogP contribution in [0, 0.1) is 3.57 Å². The van der Waals surface area contributed by atoms with Gasteiger partial charge in [0.15, 0.2) is 16.7 Å². The van der Waals surface area contributed by atoms with Crippen molar-refractivity contribution in [1.82, 2.24) is 4.90 Å². The van der Waals surface area contributed by atoms with Gasteiger partial charge in [0.2, 0.25) is 0 Å². The van der Waals surface area contributed by atoms with Crippen LogP contribution in [-0.4, -0.2) is 36.2 Å². The van der Waals surface area contributed by atoms with Gasteiger partial charge in [-0.2, -0.15) is 0 Å². The highest BCUT2D eigenvalue weighted by atomic mass is 127. The van der Waals surface area contributed by atoms with E-state index in [4.69, 9.17) is 21.1 Å². The highest BCUT2D eigenvalue weighted by Crippen LogP contribution is 2.38. The molecule has 2 aromatic rings. The van der Waals surface area contributed by atoms with Crippen LogP contribution in [0.1, 0.15) is 18.9 Å². The molecular weight excluding hydrogens is 547 g/mol. The summed E-state index contributed by atoms with van der Waals surface area (Å²) in [6.07, 6.45) is 4.38. The van der Waals surface area contributed by atoms with Gasteiger partial charge in [0.05, 0.1) is 21.3 Å². The second-order valence-electron chi connectivity index (χ2n) is 6.57. The number of nitrogens with zero attached hydrogens (tertiary/aromatic N) is 2. The lowest BCUT2D eigenvalue weighted by atomic mass is 10.2. The summed E-state index contributed by atoms with van der Waals surface area (Å²) in [6, 6.07) is 11.1. The number of carbonyl (C=O) groups is 1. The van der Waals surface area contributed by atoms with E-state index in [1.54, 1.807) is 30.2 Å². The van der Waals surface area contributed by atoms with Crippen LogP contribution in [0.25, 0.3) is 6.08 Å². The molecule has 0 spiro atoms. The maximum Gasteiger partial charge on any atom is 0.266 e. The molecule has 0 aliphatic carbocycles. The maximum atomic E-state index is 13.1. The van der Waals surface area contributed by atoms with E-state index in [9.17, 15) is 4.79 Å². The Hall–Kier alpha value is -1.97. The number of methoxy groups -OCH3 is 1. The molecule has 8 heteroatoms.